The summed E-state index contributed by atoms with van der Waals surface area (Å²) >= 11 is 0. The summed E-state index contributed by atoms with van der Waals surface area (Å²) in [6, 6.07) is 0. The van der Waals surface area contributed by atoms with Crippen molar-refractivity contribution in [2.45, 2.75) is 61.3 Å². The minimum Gasteiger partial charge on any atom is -0.0683 e. The van der Waals surface area contributed by atoms with Crippen LogP contribution in [0.4, 0.5) is 0 Å². The van der Waals surface area contributed by atoms with E-state index >= 15 is 0 Å². The normalized spacial score (nSPS) is 30.8. The lowest BCUT2D eigenvalue weighted by Gasteiger charge is -2.23. The highest BCUT2D eigenvalue weighted by Gasteiger charge is 2.41. The maximum Gasteiger partial charge on any atom is -0.0323 e. The molecule has 0 bridgehead atoms. The Bertz CT molecular complexity index is 131. The third-order valence-corrected chi connectivity index (χ3v) is 3.13. The molecule has 0 aromatic carbocycles. The maximum absolute atomic E-state index is 2.40. The van der Waals surface area contributed by atoms with Crippen LogP contribution in [0.2, 0.25) is 0 Å². The van der Waals surface area contributed by atoms with Gasteiger partial charge in [-0.1, -0.05) is 48.5 Å². The van der Waals surface area contributed by atoms with Gasteiger partial charge < -0.3 is 0 Å². The molecule has 0 heterocycles. The molecule has 0 radical (unpaired) electrons. The zero-order chi connectivity index (χ0) is 9.99. The molecule has 1 fully saturated rings. The first kappa shape index (κ1) is 12.0. The molecule has 1 rings (SSSR count). The number of rotatable bonds is 0. The second-order valence-electron chi connectivity index (χ2n) is 5.43. The van der Waals surface area contributed by atoms with E-state index in [2.05, 4.69) is 34.6 Å². The van der Waals surface area contributed by atoms with E-state index < -0.39 is 0 Å². The molecular weight excluding hydrogens is 144 g/mol. The molecule has 0 aromatic rings. The zero-order valence-corrected chi connectivity index (χ0v) is 9.99. The predicted octanol–water partition coefficient (Wildman–Crippen LogP) is 4.49. The van der Waals surface area contributed by atoms with Crippen LogP contribution in [0.3, 0.4) is 0 Å². The highest BCUT2D eigenvalue weighted by atomic mass is 14.5. The Hall–Kier alpha value is 0. The zero-order valence-electron chi connectivity index (χ0n) is 9.99. The van der Waals surface area contributed by atoms with Crippen molar-refractivity contribution >= 4 is 0 Å². The molecular formula is C12H26. The Morgan fingerprint density at radius 1 is 1.00 bits per heavy atom. The van der Waals surface area contributed by atoms with Crippen molar-refractivity contribution in [3.8, 4) is 0 Å². The molecule has 0 saturated heterocycles. The fraction of sp³-hybridized carbons (Fsp3) is 1.00. The third kappa shape index (κ3) is 2.80. The van der Waals surface area contributed by atoms with Crippen LogP contribution in [-0.2, 0) is 0 Å². The Morgan fingerprint density at radius 2 is 1.42 bits per heavy atom. The van der Waals surface area contributed by atoms with Crippen molar-refractivity contribution in [3.63, 3.8) is 0 Å². The summed E-state index contributed by atoms with van der Waals surface area (Å²) in [4.78, 5) is 0. The summed E-state index contributed by atoms with van der Waals surface area (Å²) in [6.45, 7) is 15.9. The summed E-state index contributed by atoms with van der Waals surface area (Å²) in [5.74, 6) is 0.905. The lowest BCUT2D eigenvalue weighted by molar-refractivity contribution is 0.267. The maximum atomic E-state index is 2.40. The quantitative estimate of drug-likeness (QED) is 0.502. The summed E-state index contributed by atoms with van der Waals surface area (Å²) in [6.07, 6.45) is 2.79. The van der Waals surface area contributed by atoms with Crippen molar-refractivity contribution in [1.82, 2.24) is 0 Å². The first-order valence-electron chi connectivity index (χ1n) is 5.33. The smallest absolute Gasteiger partial charge is 0.0323 e. The molecule has 1 aliphatic rings. The van der Waals surface area contributed by atoms with Gasteiger partial charge in [-0.2, -0.15) is 0 Å². The van der Waals surface area contributed by atoms with Crippen LogP contribution in [-0.4, -0.2) is 0 Å². The summed E-state index contributed by atoms with van der Waals surface area (Å²) < 4.78 is 0. The summed E-state index contributed by atoms with van der Waals surface area (Å²) in [5, 5.41) is 0. The van der Waals surface area contributed by atoms with E-state index in [0.717, 1.165) is 5.92 Å². The minimum atomic E-state index is 0.587. The van der Waals surface area contributed by atoms with Crippen LogP contribution in [0.25, 0.3) is 0 Å². The standard InChI is InChI=1S/C10H20.C2H6/c1-8-6-9(2,3)7-10(8,4)5;1-2/h8H,6-7H2,1-5H3;1-2H3. The van der Waals surface area contributed by atoms with E-state index in [1.807, 2.05) is 13.8 Å². The SMILES string of the molecule is CC.CC1CC(C)(C)CC1(C)C. The molecule has 0 aromatic heterocycles. The van der Waals surface area contributed by atoms with Crippen molar-refractivity contribution in [2.75, 3.05) is 0 Å². The fourth-order valence-electron chi connectivity index (χ4n) is 2.58. The van der Waals surface area contributed by atoms with Gasteiger partial charge in [0.05, 0.1) is 0 Å². The van der Waals surface area contributed by atoms with Crippen LogP contribution >= 0.6 is 0 Å². The molecule has 0 nitrogen and oxygen atoms in total. The average molecular weight is 170 g/mol. The van der Waals surface area contributed by atoms with Crippen LogP contribution in [0.15, 0.2) is 0 Å². The van der Waals surface area contributed by atoms with E-state index in [0.29, 0.717) is 10.8 Å². The van der Waals surface area contributed by atoms with E-state index in [1.165, 1.54) is 12.8 Å². The minimum absolute atomic E-state index is 0.587. The Labute approximate surface area is 78.8 Å². The molecule has 1 aliphatic carbocycles. The molecule has 0 amide bonds. The highest BCUT2D eigenvalue weighted by molar-refractivity contribution is 4.92. The first-order valence-corrected chi connectivity index (χ1v) is 5.33. The third-order valence-electron chi connectivity index (χ3n) is 3.13. The van der Waals surface area contributed by atoms with E-state index in [4.69, 9.17) is 0 Å². The highest BCUT2D eigenvalue weighted by Crippen LogP contribution is 2.52. The van der Waals surface area contributed by atoms with Gasteiger partial charge in [0, 0.05) is 0 Å². The van der Waals surface area contributed by atoms with Crippen molar-refractivity contribution in [2.24, 2.45) is 16.7 Å². The molecule has 0 N–H and O–H groups in total. The number of hydrogen-bond donors (Lipinski definition) is 0. The van der Waals surface area contributed by atoms with Gasteiger partial charge in [0.25, 0.3) is 0 Å². The van der Waals surface area contributed by atoms with E-state index in [9.17, 15) is 0 Å². The van der Waals surface area contributed by atoms with Gasteiger partial charge >= 0.3 is 0 Å². The van der Waals surface area contributed by atoms with Gasteiger partial charge in [-0.3, -0.25) is 0 Å². The Kier molecular flexibility index (Phi) is 3.81. The van der Waals surface area contributed by atoms with Gasteiger partial charge in [-0.15, -0.1) is 0 Å². The molecule has 1 unspecified atom stereocenters. The molecule has 12 heavy (non-hydrogen) atoms. The predicted molar refractivity (Wildman–Crippen MR) is 57.3 cm³/mol. The van der Waals surface area contributed by atoms with Gasteiger partial charge in [-0.25, -0.2) is 0 Å². The van der Waals surface area contributed by atoms with Gasteiger partial charge in [0.2, 0.25) is 0 Å². The van der Waals surface area contributed by atoms with Crippen LogP contribution in [0.1, 0.15) is 61.3 Å². The second kappa shape index (κ2) is 3.81. The molecule has 0 heteroatoms. The number of hydrogen-bond acceptors (Lipinski definition) is 0. The van der Waals surface area contributed by atoms with Gasteiger partial charge in [0.1, 0.15) is 0 Å². The largest absolute Gasteiger partial charge is 0.0683 e. The van der Waals surface area contributed by atoms with Crippen LogP contribution in [0.5, 0.6) is 0 Å². The average Bonchev–Trinajstić information content (AvgIpc) is 2.05. The molecule has 0 spiro atoms. The lowest BCUT2D eigenvalue weighted by Crippen LogP contribution is -2.14. The van der Waals surface area contributed by atoms with Crippen LogP contribution in [0, 0.1) is 16.7 Å². The molecule has 74 valence electrons. The van der Waals surface area contributed by atoms with Crippen molar-refractivity contribution < 1.29 is 0 Å². The van der Waals surface area contributed by atoms with Crippen molar-refractivity contribution in [3.05, 3.63) is 0 Å². The van der Waals surface area contributed by atoms with E-state index in [-0.39, 0.29) is 0 Å². The topological polar surface area (TPSA) is 0 Å². The second-order valence-corrected chi connectivity index (χ2v) is 5.43. The summed E-state index contributed by atoms with van der Waals surface area (Å²) in [5.41, 5.74) is 1.19. The fourth-order valence-corrected chi connectivity index (χ4v) is 2.58. The van der Waals surface area contributed by atoms with Crippen LogP contribution < -0.4 is 0 Å². The Morgan fingerprint density at radius 3 is 1.50 bits per heavy atom. The van der Waals surface area contributed by atoms with Gasteiger partial charge in [0.15, 0.2) is 0 Å². The molecule has 1 saturated carbocycles. The Balaban J connectivity index is 0.000000561. The monoisotopic (exact) mass is 170 g/mol. The van der Waals surface area contributed by atoms with E-state index in [1.54, 1.807) is 0 Å². The lowest BCUT2D eigenvalue weighted by atomic mass is 9.82. The summed E-state index contributed by atoms with van der Waals surface area (Å²) in [7, 11) is 0. The first-order chi connectivity index (χ1) is 5.33. The molecule has 1 atom stereocenters. The molecule has 0 aliphatic heterocycles. The van der Waals surface area contributed by atoms with Crippen molar-refractivity contribution in [1.29, 1.82) is 0 Å². The van der Waals surface area contributed by atoms with Gasteiger partial charge in [-0.05, 0) is 29.6 Å².